The van der Waals surface area contributed by atoms with Crippen LogP contribution in [0.15, 0.2) is 20.5 Å². The van der Waals surface area contributed by atoms with E-state index in [2.05, 4.69) is 25.9 Å². The first-order valence-corrected chi connectivity index (χ1v) is 5.91. The molecule has 19 heavy (non-hydrogen) atoms. The molecule has 0 heterocycles. The Morgan fingerprint density at radius 3 is 2.37 bits per heavy atom. The van der Waals surface area contributed by atoms with Crippen LogP contribution in [-0.2, 0) is 0 Å². The highest BCUT2D eigenvalue weighted by Crippen LogP contribution is 2.36. The molecule has 0 amide bonds. The second-order valence-electron chi connectivity index (χ2n) is 3.74. The van der Waals surface area contributed by atoms with E-state index in [1.165, 1.54) is 6.07 Å². The van der Waals surface area contributed by atoms with Crippen molar-refractivity contribution in [3.05, 3.63) is 31.8 Å². The summed E-state index contributed by atoms with van der Waals surface area (Å²) in [5.74, 6) is -0.342. The molecule has 1 aromatic rings. The van der Waals surface area contributed by atoms with Gasteiger partial charge in [-0.2, -0.15) is 4.99 Å². The highest BCUT2D eigenvalue weighted by atomic mass is 79.9. The van der Waals surface area contributed by atoms with E-state index in [0.29, 0.717) is 21.3 Å². The van der Waals surface area contributed by atoms with E-state index in [1.54, 1.807) is 13.8 Å². The van der Waals surface area contributed by atoms with Crippen LogP contribution in [0.5, 0.6) is 0 Å². The SMILES string of the molecule is Cc1c([N+](=O)[O-])cc(Br)c(N=C(N)N=C(N)N)c1C. The summed E-state index contributed by atoms with van der Waals surface area (Å²) in [6.45, 7) is 3.34. The summed E-state index contributed by atoms with van der Waals surface area (Å²) in [7, 11) is 0. The molecule has 1 rings (SSSR count). The average Bonchev–Trinajstić information content (AvgIpc) is 2.28. The van der Waals surface area contributed by atoms with Crippen LogP contribution in [0.25, 0.3) is 0 Å². The Labute approximate surface area is 117 Å². The van der Waals surface area contributed by atoms with Crippen molar-refractivity contribution >= 4 is 39.2 Å². The Hall–Kier alpha value is -2.16. The first-order valence-electron chi connectivity index (χ1n) is 5.12. The zero-order valence-electron chi connectivity index (χ0n) is 10.3. The van der Waals surface area contributed by atoms with Crippen LogP contribution in [0, 0.1) is 24.0 Å². The van der Waals surface area contributed by atoms with Gasteiger partial charge in [0.1, 0.15) is 0 Å². The van der Waals surface area contributed by atoms with Gasteiger partial charge in [-0.25, -0.2) is 4.99 Å². The van der Waals surface area contributed by atoms with Gasteiger partial charge in [0.15, 0.2) is 5.96 Å². The zero-order valence-corrected chi connectivity index (χ0v) is 11.9. The van der Waals surface area contributed by atoms with E-state index in [-0.39, 0.29) is 17.6 Å². The third kappa shape index (κ3) is 3.41. The molecule has 0 aromatic heterocycles. The minimum absolute atomic E-state index is 0.00346. The van der Waals surface area contributed by atoms with Gasteiger partial charge < -0.3 is 17.2 Å². The number of benzene rings is 1. The van der Waals surface area contributed by atoms with Crippen molar-refractivity contribution < 1.29 is 4.92 Å². The molecular formula is C10H13BrN6O2. The Balaban J connectivity index is 3.44. The summed E-state index contributed by atoms with van der Waals surface area (Å²) >= 11 is 3.22. The third-order valence-electron chi connectivity index (χ3n) is 2.46. The van der Waals surface area contributed by atoms with Crippen molar-refractivity contribution in [3.63, 3.8) is 0 Å². The fraction of sp³-hybridized carbons (Fsp3) is 0.200. The molecule has 0 atom stereocenters. The molecule has 9 heteroatoms. The standard InChI is InChI=1S/C10H13BrN6O2/c1-4-5(2)8(15-10(14)16-9(12)13)6(11)3-7(4)17(18)19/h3H,1-2H3,(H6,12,13,14,15,16). The molecule has 0 radical (unpaired) electrons. The molecule has 8 nitrogen and oxygen atoms in total. The largest absolute Gasteiger partial charge is 0.370 e. The van der Waals surface area contributed by atoms with Crippen molar-refractivity contribution in [2.75, 3.05) is 0 Å². The number of rotatable bonds is 2. The van der Waals surface area contributed by atoms with Crippen molar-refractivity contribution in [1.82, 2.24) is 0 Å². The summed E-state index contributed by atoms with van der Waals surface area (Å²) in [6.07, 6.45) is 0. The van der Waals surface area contributed by atoms with Gasteiger partial charge in [0, 0.05) is 11.6 Å². The fourth-order valence-corrected chi connectivity index (χ4v) is 2.05. The minimum atomic E-state index is -0.458. The molecule has 0 saturated heterocycles. The molecule has 0 aliphatic heterocycles. The van der Waals surface area contributed by atoms with Gasteiger partial charge in [-0.05, 0) is 35.3 Å². The summed E-state index contributed by atoms with van der Waals surface area (Å²) in [5.41, 5.74) is 17.5. The van der Waals surface area contributed by atoms with Gasteiger partial charge in [-0.15, -0.1) is 0 Å². The lowest BCUT2D eigenvalue weighted by atomic mass is 10.1. The Bertz CT molecular complexity index is 592. The second kappa shape index (κ2) is 5.65. The summed E-state index contributed by atoms with van der Waals surface area (Å²) < 4.78 is 0.441. The van der Waals surface area contributed by atoms with Crippen LogP contribution in [0.4, 0.5) is 11.4 Å². The van der Waals surface area contributed by atoms with E-state index in [0.717, 1.165) is 0 Å². The van der Waals surface area contributed by atoms with Crippen molar-refractivity contribution in [2.24, 2.45) is 27.2 Å². The normalized spacial score (nSPS) is 11.2. The first kappa shape index (κ1) is 14.9. The smallest absolute Gasteiger partial charge is 0.273 e. The second-order valence-corrected chi connectivity index (χ2v) is 4.59. The van der Waals surface area contributed by atoms with E-state index in [4.69, 9.17) is 17.2 Å². The molecular weight excluding hydrogens is 316 g/mol. The maximum Gasteiger partial charge on any atom is 0.273 e. The number of nitro benzene ring substituents is 1. The Morgan fingerprint density at radius 2 is 1.89 bits per heavy atom. The summed E-state index contributed by atoms with van der Waals surface area (Å²) in [4.78, 5) is 18.0. The van der Waals surface area contributed by atoms with E-state index >= 15 is 0 Å². The number of nitro groups is 1. The van der Waals surface area contributed by atoms with Crippen LogP contribution in [0.3, 0.4) is 0 Å². The number of nitrogens with zero attached hydrogens (tertiary/aromatic N) is 3. The Morgan fingerprint density at radius 1 is 1.32 bits per heavy atom. The predicted molar refractivity (Wildman–Crippen MR) is 77.4 cm³/mol. The van der Waals surface area contributed by atoms with Gasteiger partial charge in [-0.1, -0.05) is 0 Å². The highest BCUT2D eigenvalue weighted by Gasteiger charge is 2.18. The minimum Gasteiger partial charge on any atom is -0.370 e. The van der Waals surface area contributed by atoms with E-state index in [9.17, 15) is 10.1 Å². The average molecular weight is 329 g/mol. The van der Waals surface area contributed by atoms with Gasteiger partial charge in [0.2, 0.25) is 5.96 Å². The molecule has 0 aliphatic rings. The number of nitrogens with two attached hydrogens (primary N) is 3. The van der Waals surface area contributed by atoms with Crippen LogP contribution >= 0.6 is 15.9 Å². The van der Waals surface area contributed by atoms with Gasteiger partial charge in [0.25, 0.3) is 5.69 Å². The van der Waals surface area contributed by atoms with Crippen molar-refractivity contribution in [1.29, 1.82) is 0 Å². The number of guanidine groups is 2. The molecule has 102 valence electrons. The molecule has 6 N–H and O–H groups in total. The number of hydrogen-bond acceptors (Lipinski definition) is 3. The molecule has 0 spiro atoms. The predicted octanol–water partition coefficient (Wildman–Crippen LogP) is 1.19. The maximum atomic E-state index is 10.9. The van der Waals surface area contributed by atoms with Gasteiger partial charge >= 0.3 is 0 Å². The molecule has 0 bridgehead atoms. The van der Waals surface area contributed by atoms with Crippen molar-refractivity contribution in [3.8, 4) is 0 Å². The molecule has 0 fully saturated rings. The van der Waals surface area contributed by atoms with E-state index < -0.39 is 4.92 Å². The lowest BCUT2D eigenvalue weighted by Crippen LogP contribution is -2.26. The third-order valence-corrected chi connectivity index (χ3v) is 3.06. The molecule has 0 saturated carbocycles. The number of hydrogen-bond donors (Lipinski definition) is 3. The topological polar surface area (TPSA) is 146 Å². The van der Waals surface area contributed by atoms with Crippen LogP contribution < -0.4 is 17.2 Å². The summed E-state index contributed by atoms with van der Waals surface area (Å²) in [5, 5.41) is 10.9. The van der Waals surface area contributed by atoms with Gasteiger partial charge in [-0.3, -0.25) is 10.1 Å². The highest BCUT2D eigenvalue weighted by molar-refractivity contribution is 9.10. The summed E-state index contributed by atoms with van der Waals surface area (Å²) in [6, 6.07) is 1.37. The molecule has 0 unspecified atom stereocenters. The molecule has 0 aliphatic carbocycles. The number of halogens is 1. The number of aliphatic imine (C=N–C) groups is 2. The lowest BCUT2D eigenvalue weighted by molar-refractivity contribution is -0.385. The lowest BCUT2D eigenvalue weighted by Gasteiger charge is -2.08. The zero-order chi connectivity index (χ0) is 14.7. The van der Waals surface area contributed by atoms with Gasteiger partial charge in [0.05, 0.1) is 15.1 Å². The first-order chi connectivity index (χ1) is 8.73. The molecule has 1 aromatic carbocycles. The van der Waals surface area contributed by atoms with Crippen LogP contribution in [0.2, 0.25) is 0 Å². The quantitative estimate of drug-likeness (QED) is 0.323. The Kier molecular flexibility index (Phi) is 4.43. The monoisotopic (exact) mass is 328 g/mol. The van der Waals surface area contributed by atoms with Crippen molar-refractivity contribution in [2.45, 2.75) is 13.8 Å². The van der Waals surface area contributed by atoms with E-state index in [1.807, 2.05) is 0 Å². The fourth-order valence-electron chi connectivity index (χ4n) is 1.44. The van der Waals surface area contributed by atoms with Crippen LogP contribution in [-0.4, -0.2) is 16.8 Å². The van der Waals surface area contributed by atoms with Crippen LogP contribution in [0.1, 0.15) is 11.1 Å². The maximum absolute atomic E-state index is 10.9.